The average molecular weight is 249 g/mol. The smallest absolute Gasteiger partial charge is 0.354 e. The van der Waals surface area contributed by atoms with Gasteiger partial charge < -0.3 is 5.11 Å². The monoisotopic (exact) mass is 248 g/mol. The van der Waals surface area contributed by atoms with Gasteiger partial charge in [0.05, 0.1) is 5.69 Å². The van der Waals surface area contributed by atoms with E-state index in [-0.39, 0.29) is 11.0 Å². The first-order valence-electron chi connectivity index (χ1n) is 4.91. The third-order valence-electron chi connectivity index (χ3n) is 2.27. The quantitative estimate of drug-likeness (QED) is 0.830. The third-order valence-corrected chi connectivity index (χ3v) is 2.43. The largest absolute Gasteiger partial charge is 0.477 e. The van der Waals surface area contributed by atoms with Crippen molar-refractivity contribution in [1.82, 2.24) is 9.97 Å². The molecule has 0 aliphatic rings. The molecular formula is C12H9ClN2O2. The molecule has 0 saturated carbocycles. The number of aryl methyl sites for hydroxylation is 1. The van der Waals surface area contributed by atoms with E-state index in [0.717, 1.165) is 11.1 Å². The van der Waals surface area contributed by atoms with Crippen molar-refractivity contribution in [3.8, 4) is 11.3 Å². The van der Waals surface area contributed by atoms with Crippen molar-refractivity contribution in [3.63, 3.8) is 0 Å². The van der Waals surface area contributed by atoms with E-state index in [2.05, 4.69) is 9.97 Å². The van der Waals surface area contributed by atoms with Crippen LogP contribution in [0.25, 0.3) is 11.3 Å². The molecular weight excluding hydrogens is 240 g/mol. The molecule has 5 heteroatoms. The molecule has 0 amide bonds. The van der Waals surface area contributed by atoms with Crippen LogP contribution in [0.1, 0.15) is 16.1 Å². The molecule has 2 rings (SSSR count). The van der Waals surface area contributed by atoms with Crippen LogP contribution in [0.4, 0.5) is 0 Å². The number of carboxylic acid groups (broad SMARTS) is 1. The molecule has 0 spiro atoms. The first-order valence-corrected chi connectivity index (χ1v) is 5.29. The Bertz CT molecular complexity index is 567. The van der Waals surface area contributed by atoms with E-state index in [4.69, 9.17) is 16.7 Å². The lowest BCUT2D eigenvalue weighted by Gasteiger charge is -2.03. The number of hydrogen-bond acceptors (Lipinski definition) is 3. The molecule has 1 N–H and O–H groups in total. The molecule has 4 nitrogen and oxygen atoms in total. The number of rotatable bonds is 2. The maximum absolute atomic E-state index is 10.8. The molecule has 86 valence electrons. The van der Waals surface area contributed by atoms with E-state index in [0.29, 0.717) is 5.69 Å². The summed E-state index contributed by atoms with van der Waals surface area (Å²) in [6.45, 7) is 1.97. The standard InChI is InChI=1S/C12H9ClN2O2/c1-7-2-4-8(5-3-7)9-6-10(11(16)17)15-12(13)14-9/h2-6H,1H3,(H,16,17). The highest BCUT2D eigenvalue weighted by Gasteiger charge is 2.10. The fraction of sp³-hybridized carbons (Fsp3) is 0.0833. The summed E-state index contributed by atoms with van der Waals surface area (Å²) in [6, 6.07) is 8.97. The molecule has 0 unspecified atom stereocenters. The molecule has 17 heavy (non-hydrogen) atoms. The minimum Gasteiger partial charge on any atom is -0.477 e. The van der Waals surface area contributed by atoms with Crippen LogP contribution in [0, 0.1) is 6.92 Å². The summed E-state index contributed by atoms with van der Waals surface area (Å²) >= 11 is 5.69. The molecule has 0 bridgehead atoms. The van der Waals surface area contributed by atoms with Crippen molar-refractivity contribution in [1.29, 1.82) is 0 Å². The Kier molecular flexibility index (Phi) is 3.06. The second-order valence-corrected chi connectivity index (χ2v) is 3.92. The van der Waals surface area contributed by atoms with Crippen LogP contribution in [0.15, 0.2) is 30.3 Å². The number of carbonyl (C=O) groups is 1. The zero-order valence-corrected chi connectivity index (χ0v) is 9.77. The summed E-state index contributed by atoms with van der Waals surface area (Å²) in [5.74, 6) is -1.12. The lowest BCUT2D eigenvalue weighted by Crippen LogP contribution is -2.02. The molecule has 1 aromatic carbocycles. The number of halogens is 1. The van der Waals surface area contributed by atoms with E-state index in [9.17, 15) is 4.79 Å². The van der Waals surface area contributed by atoms with Gasteiger partial charge in [0, 0.05) is 5.56 Å². The predicted molar refractivity (Wildman–Crippen MR) is 64.2 cm³/mol. The van der Waals surface area contributed by atoms with E-state index >= 15 is 0 Å². The van der Waals surface area contributed by atoms with Gasteiger partial charge in [0.25, 0.3) is 0 Å². The Morgan fingerprint density at radius 1 is 1.24 bits per heavy atom. The fourth-order valence-electron chi connectivity index (χ4n) is 1.40. The van der Waals surface area contributed by atoms with Crippen molar-refractivity contribution < 1.29 is 9.90 Å². The van der Waals surface area contributed by atoms with Crippen LogP contribution < -0.4 is 0 Å². The second-order valence-electron chi connectivity index (χ2n) is 3.58. The maximum atomic E-state index is 10.8. The number of nitrogens with zero attached hydrogens (tertiary/aromatic N) is 2. The average Bonchev–Trinajstić information content (AvgIpc) is 2.29. The lowest BCUT2D eigenvalue weighted by molar-refractivity contribution is 0.0690. The maximum Gasteiger partial charge on any atom is 0.354 e. The van der Waals surface area contributed by atoms with Crippen LogP contribution in [0.5, 0.6) is 0 Å². The zero-order chi connectivity index (χ0) is 12.4. The highest BCUT2D eigenvalue weighted by atomic mass is 35.5. The molecule has 0 aliphatic heterocycles. The molecule has 1 heterocycles. The number of hydrogen-bond donors (Lipinski definition) is 1. The molecule has 1 aromatic heterocycles. The van der Waals surface area contributed by atoms with E-state index in [1.165, 1.54) is 6.07 Å². The van der Waals surface area contributed by atoms with Crippen LogP contribution in [0.2, 0.25) is 5.28 Å². The molecule has 0 fully saturated rings. The number of benzene rings is 1. The van der Waals surface area contributed by atoms with Gasteiger partial charge in [-0.25, -0.2) is 14.8 Å². The molecule has 0 atom stereocenters. The van der Waals surface area contributed by atoms with E-state index < -0.39 is 5.97 Å². The number of aromatic nitrogens is 2. The molecule has 0 saturated heterocycles. The highest BCUT2D eigenvalue weighted by molar-refractivity contribution is 6.28. The van der Waals surface area contributed by atoms with Gasteiger partial charge in [0.15, 0.2) is 5.69 Å². The number of aromatic carboxylic acids is 1. The van der Waals surface area contributed by atoms with Gasteiger partial charge in [-0.15, -0.1) is 0 Å². The number of carboxylic acids is 1. The first kappa shape index (κ1) is 11.5. The summed E-state index contributed by atoms with van der Waals surface area (Å²) in [5, 5.41) is 8.81. The van der Waals surface area contributed by atoms with E-state index in [1.807, 2.05) is 31.2 Å². The van der Waals surface area contributed by atoms with Crippen molar-refractivity contribution >= 4 is 17.6 Å². The Hall–Kier alpha value is -1.94. The summed E-state index contributed by atoms with van der Waals surface area (Å²) in [4.78, 5) is 18.5. The molecule has 2 aromatic rings. The normalized spacial score (nSPS) is 10.2. The fourth-order valence-corrected chi connectivity index (χ4v) is 1.58. The van der Waals surface area contributed by atoms with Gasteiger partial charge in [0.2, 0.25) is 5.28 Å². The summed E-state index contributed by atoms with van der Waals surface area (Å²) in [6.07, 6.45) is 0. The minimum absolute atomic E-state index is 0.0690. The Labute approximate surface area is 103 Å². The van der Waals surface area contributed by atoms with Gasteiger partial charge in [-0.3, -0.25) is 0 Å². The van der Waals surface area contributed by atoms with Gasteiger partial charge in [-0.05, 0) is 24.6 Å². The zero-order valence-electron chi connectivity index (χ0n) is 9.01. The summed E-state index contributed by atoms with van der Waals surface area (Å²) in [7, 11) is 0. The van der Waals surface area contributed by atoms with Crippen molar-refractivity contribution in [2.24, 2.45) is 0 Å². The Balaban J connectivity index is 2.51. The SMILES string of the molecule is Cc1ccc(-c2cc(C(=O)O)nc(Cl)n2)cc1. The van der Waals surface area contributed by atoms with Gasteiger partial charge in [0.1, 0.15) is 0 Å². The van der Waals surface area contributed by atoms with Gasteiger partial charge in [-0.2, -0.15) is 0 Å². The highest BCUT2D eigenvalue weighted by Crippen LogP contribution is 2.19. The van der Waals surface area contributed by atoms with E-state index in [1.54, 1.807) is 0 Å². The third kappa shape index (κ3) is 2.60. The van der Waals surface area contributed by atoms with Crippen LogP contribution in [-0.4, -0.2) is 21.0 Å². The summed E-state index contributed by atoms with van der Waals surface area (Å²) in [5.41, 5.74) is 2.32. The van der Waals surface area contributed by atoms with Crippen LogP contribution in [-0.2, 0) is 0 Å². The van der Waals surface area contributed by atoms with Crippen molar-refractivity contribution in [3.05, 3.63) is 46.9 Å². The second kappa shape index (κ2) is 4.51. The Morgan fingerprint density at radius 2 is 1.88 bits per heavy atom. The minimum atomic E-state index is -1.12. The molecule has 0 aliphatic carbocycles. The Morgan fingerprint density at radius 3 is 2.47 bits per heavy atom. The first-order chi connectivity index (χ1) is 8.06. The van der Waals surface area contributed by atoms with Gasteiger partial charge in [-0.1, -0.05) is 29.8 Å². The van der Waals surface area contributed by atoms with Crippen molar-refractivity contribution in [2.75, 3.05) is 0 Å². The van der Waals surface area contributed by atoms with Gasteiger partial charge >= 0.3 is 5.97 Å². The topological polar surface area (TPSA) is 63.1 Å². The van der Waals surface area contributed by atoms with Crippen LogP contribution in [0.3, 0.4) is 0 Å². The van der Waals surface area contributed by atoms with Crippen LogP contribution >= 0.6 is 11.6 Å². The van der Waals surface area contributed by atoms with Crippen molar-refractivity contribution in [2.45, 2.75) is 6.92 Å². The summed E-state index contributed by atoms with van der Waals surface area (Å²) < 4.78 is 0. The molecule has 0 radical (unpaired) electrons. The predicted octanol–water partition coefficient (Wildman–Crippen LogP) is 2.80. The lowest BCUT2D eigenvalue weighted by atomic mass is 10.1.